The number of para-hydroxylation sites is 4. The number of nitrogens with zero attached hydrogens (tertiary/aromatic N) is 3. The number of rotatable bonds is 7. The number of imidazole rings is 1. The molecule has 168 valence electrons. The van der Waals surface area contributed by atoms with E-state index in [9.17, 15) is 4.79 Å². The predicted octanol–water partition coefficient (Wildman–Crippen LogP) is 5.93. The van der Waals surface area contributed by atoms with Crippen LogP contribution in [-0.4, -0.2) is 28.6 Å². The van der Waals surface area contributed by atoms with Crippen molar-refractivity contribution in [2.75, 3.05) is 18.1 Å². The number of hydrogen-bond donors (Lipinski definition) is 0. The van der Waals surface area contributed by atoms with Crippen LogP contribution in [0.3, 0.4) is 0 Å². The molecule has 5 rings (SSSR count). The van der Waals surface area contributed by atoms with Crippen molar-refractivity contribution in [2.24, 2.45) is 5.92 Å². The molecule has 2 heterocycles. The highest BCUT2D eigenvalue weighted by Gasteiger charge is 2.36. The molecule has 1 aliphatic heterocycles. The number of ether oxygens (including phenoxy) is 1. The number of benzene rings is 2. The van der Waals surface area contributed by atoms with Crippen molar-refractivity contribution < 1.29 is 9.53 Å². The molecule has 5 nitrogen and oxygen atoms in total. The van der Waals surface area contributed by atoms with Gasteiger partial charge < -0.3 is 14.2 Å². The molecule has 0 spiro atoms. The lowest BCUT2D eigenvalue weighted by atomic mass is 9.87. The zero-order valence-corrected chi connectivity index (χ0v) is 19.0. The molecule has 1 aliphatic carbocycles. The highest BCUT2D eigenvalue weighted by atomic mass is 16.5. The summed E-state index contributed by atoms with van der Waals surface area (Å²) in [5, 5.41) is 0. The van der Waals surface area contributed by atoms with Gasteiger partial charge in [-0.2, -0.15) is 0 Å². The van der Waals surface area contributed by atoms with Crippen molar-refractivity contribution in [1.29, 1.82) is 0 Å². The van der Waals surface area contributed by atoms with E-state index in [0.717, 1.165) is 35.2 Å². The fraction of sp³-hybridized carbons (Fsp3) is 0.481. The van der Waals surface area contributed by atoms with Crippen molar-refractivity contribution in [1.82, 2.24) is 9.55 Å². The molecule has 2 aliphatic rings. The van der Waals surface area contributed by atoms with Gasteiger partial charge in [-0.05, 0) is 43.5 Å². The first-order valence-corrected chi connectivity index (χ1v) is 12.2. The number of anilines is 1. The highest BCUT2D eigenvalue weighted by molar-refractivity contribution is 5.97. The van der Waals surface area contributed by atoms with Crippen molar-refractivity contribution in [3.05, 3.63) is 54.4 Å². The Hall–Kier alpha value is -2.82. The fourth-order valence-corrected chi connectivity index (χ4v) is 5.50. The first-order valence-electron chi connectivity index (χ1n) is 12.2. The number of carbonyl (C=O) groups is 1. The number of hydrogen-bond acceptors (Lipinski definition) is 3. The maximum Gasteiger partial charge on any atom is 0.227 e. The quantitative estimate of drug-likeness (QED) is 0.466. The van der Waals surface area contributed by atoms with Gasteiger partial charge in [0.1, 0.15) is 11.6 Å². The van der Waals surface area contributed by atoms with Crippen LogP contribution in [0.5, 0.6) is 5.75 Å². The largest absolute Gasteiger partial charge is 0.492 e. The van der Waals surface area contributed by atoms with Gasteiger partial charge in [-0.15, -0.1) is 0 Å². The maximum atomic E-state index is 13.1. The molecule has 1 saturated carbocycles. The zero-order valence-electron chi connectivity index (χ0n) is 19.0. The van der Waals surface area contributed by atoms with Crippen LogP contribution in [0.1, 0.15) is 63.6 Å². The molecule has 0 radical (unpaired) electrons. The second-order valence-electron chi connectivity index (χ2n) is 9.21. The van der Waals surface area contributed by atoms with Gasteiger partial charge in [0.15, 0.2) is 0 Å². The Morgan fingerprint density at radius 3 is 2.66 bits per heavy atom. The van der Waals surface area contributed by atoms with E-state index >= 15 is 0 Å². The van der Waals surface area contributed by atoms with Gasteiger partial charge in [-0.25, -0.2) is 4.98 Å². The van der Waals surface area contributed by atoms with Gasteiger partial charge >= 0.3 is 0 Å². The lowest BCUT2D eigenvalue weighted by molar-refractivity contribution is -0.117. The second kappa shape index (κ2) is 9.35. The Bertz CT molecular complexity index is 1080. The molecule has 0 N–H and O–H groups in total. The topological polar surface area (TPSA) is 47.4 Å². The molecule has 1 atom stereocenters. The Morgan fingerprint density at radius 1 is 1.03 bits per heavy atom. The van der Waals surface area contributed by atoms with Crippen molar-refractivity contribution in [2.45, 2.75) is 64.3 Å². The van der Waals surface area contributed by atoms with Crippen molar-refractivity contribution >= 4 is 22.6 Å². The van der Waals surface area contributed by atoms with E-state index < -0.39 is 0 Å². The smallest absolute Gasteiger partial charge is 0.227 e. The summed E-state index contributed by atoms with van der Waals surface area (Å²) in [4.78, 5) is 20.0. The summed E-state index contributed by atoms with van der Waals surface area (Å²) in [5.74, 6) is 2.89. The van der Waals surface area contributed by atoms with E-state index in [1.54, 1.807) is 0 Å². The summed E-state index contributed by atoms with van der Waals surface area (Å²) < 4.78 is 8.20. The monoisotopic (exact) mass is 431 g/mol. The maximum absolute atomic E-state index is 13.1. The standard InChI is InChI=1S/C27H33N3O2/c1-2-32-25-15-9-8-14-24(25)30-19-21(18-26(30)31)27-28-22-12-6-7-13-23(22)29(27)17-16-20-10-4-3-5-11-20/h6-9,12-15,20-21H,2-5,10-11,16-19H2,1H3. The van der Waals surface area contributed by atoms with Gasteiger partial charge in [-0.1, -0.05) is 56.4 Å². The van der Waals surface area contributed by atoms with E-state index in [1.807, 2.05) is 36.1 Å². The summed E-state index contributed by atoms with van der Waals surface area (Å²) in [6, 6.07) is 16.3. The number of aryl methyl sites for hydroxylation is 1. The minimum absolute atomic E-state index is 0.0935. The van der Waals surface area contributed by atoms with Crippen LogP contribution >= 0.6 is 0 Å². The SMILES string of the molecule is CCOc1ccccc1N1CC(c2nc3ccccc3n2CCC2CCCCC2)CC1=O. The van der Waals surface area contributed by atoms with Crippen LogP contribution in [0, 0.1) is 5.92 Å². The number of fused-ring (bicyclic) bond motifs is 1. The Balaban J connectivity index is 1.42. The van der Waals surface area contributed by atoms with Crippen LogP contribution in [0.15, 0.2) is 48.5 Å². The zero-order chi connectivity index (χ0) is 21.9. The first-order chi connectivity index (χ1) is 15.7. The van der Waals surface area contributed by atoms with Crippen LogP contribution in [0.2, 0.25) is 0 Å². The summed E-state index contributed by atoms with van der Waals surface area (Å²) >= 11 is 0. The van der Waals surface area contributed by atoms with E-state index in [2.05, 4.69) is 28.8 Å². The third-order valence-electron chi connectivity index (χ3n) is 7.12. The second-order valence-corrected chi connectivity index (χ2v) is 9.21. The molecule has 32 heavy (non-hydrogen) atoms. The van der Waals surface area contributed by atoms with E-state index in [1.165, 1.54) is 44.0 Å². The Morgan fingerprint density at radius 2 is 1.81 bits per heavy atom. The summed E-state index contributed by atoms with van der Waals surface area (Å²) in [6.07, 6.45) is 8.52. The van der Waals surface area contributed by atoms with Crippen LogP contribution in [0.4, 0.5) is 5.69 Å². The normalized spacial score (nSPS) is 19.7. The molecule has 1 unspecified atom stereocenters. The fourth-order valence-electron chi connectivity index (χ4n) is 5.50. The predicted molar refractivity (Wildman–Crippen MR) is 128 cm³/mol. The Labute approximate surface area is 190 Å². The van der Waals surface area contributed by atoms with Crippen molar-refractivity contribution in [3.8, 4) is 5.75 Å². The lowest BCUT2D eigenvalue weighted by Gasteiger charge is -2.23. The van der Waals surface area contributed by atoms with Crippen molar-refractivity contribution in [3.63, 3.8) is 0 Å². The lowest BCUT2D eigenvalue weighted by Crippen LogP contribution is -2.25. The van der Waals surface area contributed by atoms with Crippen LogP contribution in [0.25, 0.3) is 11.0 Å². The van der Waals surface area contributed by atoms with E-state index in [0.29, 0.717) is 19.6 Å². The third kappa shape index (κ3) is 4.13. The molecule has 2 aromatic carbocycles. The average Bonchev–Trinajstić information content (AvgIpc) is 3.39. The summed E-state index contributed by atoms with van der Waals surface area (Å²) in [5.41, 5.74) is 3.09. The molecule has 2 fully saturated rings. The molecular weight excluding hydrogens is 398 g/mol. The minimum atomic E-state index is 0.0935. The molecule has 5 heteroatoms. The molecule has 1 aromatic heterocycles. The summed E-state index contributed by atoms with van der Waals surface area (Å²) in [7, 11) is 0. The van der Waals surface area contributed by atoms with Gasteiger partial charge in [0.05, 0.1) is 23.3 Å². The molecule has 3 aromatic rings. The minimum Gasteiger partial charge on any atom is -0.492 e. The number of aromatic nitrogens is 2. The van der Waals surface area contributed by atoms with Gasteiger partial charge in [0.2, 0.25) is 5.91 Å². The number of carbonyl (C=O) groups excluding carboxylic acids is 1. The average molecular weight is 432 g/mol. The van der Waals surface area contributed by atoms with E-state index in [4.69, 9.17) is 9.72 Å². The van der Waals surface area contributed by atoms with Crippen LogP contribution < -0.4 is 9.64 Å². The molecule has 1 amide bonds. The molecule has 0 bridgehead atoms. The molecular formula is C27H33N3O2. The van der Waals surface area contributed by atoms with Crippen LogP contribution in [-0.2, 0) is 11.3 Å². The first kappa shape index (κ1) is 21.0. The summed E-state index contributed by atoms with van der Waals surface area (Å²) in [6.45, 7) is 4.19. The highest BCUT2D eigenvalue weighted by Crippen LogP contribution is 2.37. The number of amides is 1. The van der Waals surface area contributed by atoms with Gasteiger partial charge in [-0.3, -0.25) is 4.79 Å². The Kier molecular flexibility index (Phi) is 6.15. The third-order valence-corrected chi connectivity index (χ3v) is 7.12. The molecule has 1 saturated heterocycles. The van der Waals surface area contributed by atoms with E-state index in [-0.39, 0.29) is 11.8 Å². The van der Waals surface area contributed by atoms with Gasteiger partial charge in [0.25, 0.3) is 0 Å². The van der Waals surface area contributed by atoms with Gasteiger partial charge in [0, 0.05) is 25.4 Å².